The van der Waals surface area contributed by atoms with E-state index in [-0.39, 0.29) is 16.6 Å². The van der Waals surface area contributed by atoms with Crippen molar-refractivity contribution in [1.82, 2.24) is 33.4 Å². The first-order valence-electron chi connectivity index (χ1n) is 13.1. The van der Waals surface area contributed by atoms with Gasteiger partial charge in [-0.2, -0.15) is 4.31 Å². The SMILES string of the molecule is CCCOc1ccc(S(=O)(=O)N2CCC2C[N+](C)(C)CCl)cc1-c1nc2c([nH]1)c1nncn1c(=O)n2CCC. The second-order valence-corrected chi connectivity index (χ2v) is 12.7. The molecule has 39 heavy (non-hydrogen) atoms. The third-order valence-corrected chi connectivity index (χ3v) is 9.58. The van der Waals surface area contributed by atoms with Crippen molar-refractivity contribution in [1.29, 1.82) is 0 Å². The molecule has 1 fully saturated rings. The molecule has 0 aliphatic carbocycles. The monoisotopic (exact) mass is 577 g/mol. The summed E-state index contributed by atoms with van der Waals surface area (Å²) in [4.78, 5) is 21.3. The number of aryl methyl sites for hydroxylation is 1. The maximum atomic E-state index is 13.8. The van der Waals surface area contributed by atoms with E-state index in [1.54, 1.807) is 27.1 Å². The first-order valence-corrected chi connectivity index (χ1v) is 15.1. The van der Waals surface area contributed by atoms with Gasteiger partial charge in [0.2, 0.25) is 10.0 Å². The predicted molar refractivity (Wildman–Crippen MR) is 148 cm³/mol. The van der Waals surface area contributed by atoms with E-state index in [0.717, 1.165) is 19.3 Å². The van der Waals surface area contributed by atoms with Gasteiger partial charge in [0.25, 0.3) is 0 Å². The molecule has 210 valence electrons. The standard InChI is InChI=1S/C25H34ClN8O4S/c1-5-10-31-23-21(24-30-27-16-32(24)25(31)35)28-22(29-23)19-13-18(7-8-20(19)38-12-6-2)39(36,37)33-11-9-17(33)14-34(3,4)15-26/h7-8,13,16-17H,5-6,9-12,14-15H2,1-4H3,(H,28,29)/q+1. The van der Waals surface area contributed by atoms with Crippen molar-refractivity contribution in [2.75, 3.05) is 39.8 Å². The number of sulfonamides is 1. The third kappa shape index (κ3) is 4.92. The van der Waals surface area contributed by atoms with Crippen LogP contribution in [0.4, 0.5) is 0 Å². The Balaban J connectivity index is 1.62. The molecular formula is C25H34ClN8O4S+. The number of ether oxygens (including phenoxy) is 1. The smallest absolute Gasteiger partial charge is 0.336 e. The maximum Gasteiger partial charge on any atom is 0.336 e. The summed E-state index contributed by atoms with van der Waals surface area (Å²) >= 11 is 6.10. The average Bonchev–Trinajstić information content (AvgIpc) is 3.55. The van der Waals surface area contributed by atoms with E-state index in [0.29, 0.717) is 70.7 Å². The number of H-pyrrole nitrogens is 1. The normalized spacial score (nSPS) is 16.7. The lowest BCUT2D eigenvalue weighted by Crippen LogP contribution is -2.59. The van der Waals surface area contributed by atoms with Crippen LogP contribution in [0, 0.1) is 0 Å². The van der Waals surface area contributed by atoms with Crippen molar-refractivity contribution >= 4 is 38.4 Å². The van der Waals surface area contributed by atoms with Gasteiger partial charge < -0.3 is 14.2 Å². The zero-order valence-corrected chi connectivity index (χ0v) is 24.2. The molecule has 1 aliphatic heterocycles. The number of fused-ring (bicyclic) bond motifs is 3. The molecule has 0 radical (unpaired) electrons. The van der Waals surface area contributed by atoms with Crippen molar-refractivity contribution in [3.8, 4) is 17.1 Å². The van der Waals surface area contributed by atoms with Crippen LogP contribution < -0.4 is 10.4 Å². The number of rotatable bonds is 11. The lowest BCUT2D eigenvalue weighted by atomic mass is 10.1. The van der Waals surface area contributed by atoms with E-state index >= 15 is 0 Å². The number of hydrogen-bond acceptors (Lipinski definition) is 7. The molecule has 1 aromatic carbocycles. The number of aromatic nitrogens is 6. The highest BCUT2D eigenvalue weighted by molar-refractivity contribution is 7.89. The molecule has 4 aromatic rings. The van der Waals surface area contributed by atoms with Gasteiger partial charge in [-0.1, -0.05) is 25.4 Å². The molecule has 1 atom stereocenters. The molecule has 1 N–H and O–H groups in total. The van der Waals surface area contributed by atoms with Gasteiger partial charge >= 0.3 is 5.69 Å². The number of hydrogen-bond donors (Lipinski definition) is 1. The van der Waals surface area contributed by atoms with Crippen LogP contribution >= 0.6 is 11.6 Å². The summed E-state index contributed by atoms with van der Waals surface area (Å²) in [6.07, 6.45) is 3.66. The van der Waals surface area contributed by atoms with Gasteiger partial charge in [-0.3, -0.25) is 4.57 Å². The average molecular weight is 578 g/mol. The van der Waals surface area contributed by atoms with Crippen LogP contribution in [0.5, 0.6) is 5.75 Å². The Morgan fingerprint density at radius 3 is 2.67 bits per heavy atom. The number of imidazole rings is 1. The molecule has 0 saturated carbocycles. The predicted octanol–water partition coefficient (Wildman–Crippen LogP) is 2.67. The number of halogens is 1. The highest BCUT2D eigenvalue weighted by Crippen LogP contribution is 2.35. The lowest BCUT2D eigenvalue weighted by molar-refractivity contribution is -0.881. The van der Waals surface area contributed by atoms with Crippen LogP contribution in [0.2, 0.25) is 0 Å². The first kappa shape index (κ1) is 27.6. The molecule has 0 spiro atoms. The van der Waals surface area contributed by atoms with E-state index in [9.17, 15) is 13.2 Å². The quantitative estimate of drug-likeness (QED) is 0.165. The summed E-state index contributed by atoms with van der Waals surface area (Å²) in [6.45, 7) is 5.96. The number of benzene rings is 1. The van der Waals surface area contributed by atoms with Crippen LogP contribution in [-0.4, -0.2) is 92.2 Å². The lowest BCUT2D eigenvalue weighted by Gasteiger charge is -2.43. The fourth-order valence-corrected chi connectivity index (χ4v) is 6.68. The number of nitrogens with one attached hydrogen (secondary N) is 1. The van der Waals surface area contributed by atoms with Gasteiger partial charge in [-0.15, -0.1) is 10.2 Å². The van der Waals surface area contributed by atoms with Crippen LogP contribution in [0.3, 0.4) is 0 Å². The summed E-state index contributed by atoms with van der Waals surface area (Å²) in [6, 6.07) is 5.11. The fraction of sp³-hybridized carbons (Fsp3) is 0.520. The Morgan fingerprint density at radius 1 is 1.21 bits per heavy atom. The minimum atomic E-state index is -3.78. The maximum absolute atomic E-state index is 13.8. The van der Waals surface area contributed by atoms with Crippen LogP contribution in [0.1, 0.15) is 33.1 Å². The Morgan fingerprint density at radius 2 is 2.00 bits per heavy atom. The summed E-state index contributed by atoms with van der Waals surface area (Å²) in [5.41, 5.74) is 1.51. The second-order valence-electron chi connectivity index (χ2n) is 10.5. The van der Waals surface area contributed by atoms with E-state index in [1.165, 1.54) is 10.7 Å². The van der Waals surface area contributed by atoms with E-state index in [4.69, 9.17) is 21.3 Å². The molecule has 5 rings (SSSR count). The van der Waals surface area contributed by atoms with E-state index in [2.05, 4.69) is 15.2 Å². The van der Waals surface area contributed by atoms with Crippen LogP contribution in [-0.2, 0) is 16.6 Å². The Kier molecular flexibility index (Phi) is 7.44. The summed E-state index contributed by atoms with van der Waals surface area (Å²) < 4.78 is 38.5. The van der Waals surface area contributed by atoms with Crippen molar-refractivity contribution in [3.05, 3.63) is 35.0 Å². The first-order chi connectivity index (χ1) is 18.6. The van der Waals surface area contributed by atoms with Crippen LogP contribution in [0.15, 0.2) is 34.2 Å². The van der Waals surface area contributed by atoms with Crippen molar-refractivity contribution in [2.45, 2.75) is 50.6 Å². The molecule has 1 aliphatic rings. The number of alkyl halides is 1. The zero-order chi connectivity index (χ0) is 27.9. The van der Waals surface area contributed by atoms with Crippen molar-refractivity contribution in [3.63, 3.8) is 0 Å². The largest absolute Gasteiger partial charge is 0.493 e. The van der Waals surface area contributed by atoms with Crippen LogP contribution in [0.25, 0.3) is 28.2 Å². The number of quaternary nitrogens is 1. The van der Waals surface area contributed by atoms with Crippen molar-refractivity contribution in [2.24, 2.45) is 0 Å². The van der Waals surface area contributed by atoms with E-state index < -0.39 is 10.0 Å². The highest BCUT2D eigenvalue weighted by Gasteiger charge is 2.42. The fourth-order valence-electron chi connectivity index (χ4n) is 4.90. The number of likely N-dealkylation sites (N-methyl/N-ethyl adjacent to an activating group) is 1. The Hall–Kier alpha value is -3.00. The molecular weight excluding hydrogens is 544 g/mol. The highest BCUT2D eigenvalue weighted by atomic mass is 35.5. The summed E-state index contributed by atoms with van der Waals surface area (Å²) in [7, 11) is 0.195. The third-order valence-electron chi connectivity index (χ3n) is 6.99. The van der Waals surface area contributed by atoms with Gasteiger partial charge in [-0.25, -0.2) is 22.6 Å². The van der Waals surface area contributed by atoms with Gasteiger partial charge in [-0.05, 0) is 37.5 Å². The van der Waals surface area contributed by atoms with Gasteiger partial charge in [0, 0.05) is 13.1 Å². The minimum absolute atomic E-state index is 0.126. The van der Waals surface area contributed by atoms with E-state index in [1.807, 2.05) is 27.9 Å². The molecule has 3 aromatic heterocycles. The minimum Gasteiger partial charge on any atom is -0.493 e. The second kappa shape index (κ2) is 10.5. The van der Waals surface area contributed by atoms with Crippen molar-refractivity contribution < 1.29 is 17.6 Å². The topological polar surface area (TPSA) is 127 Å². The Bertz CT molecular complexity index is 1680. The number of aromatic amines is 1. The summed E-state index contributed by atoms with van der Waals surface area (Å²) in [5, 5.41) is 8.02. The Labute approximate surface area is 231 Å². The zero-order valence-electron chi connectivity index (χ0n) is 22.6. The molecule has 0 bridgehead atoms. The molecule has 0 amide bonds. The molecule has 12 nitrogen and oxygen atoms in total. The molecule has 4 heterocycles. The summed E-state index contributed by atoms with van der Waals surface area (Å²) in [5.74, 6) is 0.880. The number of nitrogens with zero attached hydrogens (tertiary/aromatic N) is 7. The van der Waals surface area contributed by atoms with Gasteiger partial charge in [0.1, 0.15) is 23.4 Å². The molecule has 1 saturated heterocycles. The molecule has 1 unspecified atom stereocenters. The van der Waals surface area contributed by atoms with Gasteiger partial charge in [0.05, 0.1) is 43.7 Å². The molecule has 14 heteroatoms. The van der Waals surface area contributed by atoms with Gasteiger partial charge in [0.15, 0.2) is 17.3 Å².